The second-order valence-corrected chi connectivity index (χ2v) is 6.53. The Kier molecular flexibility index (Phi) is 3.99. The third kappa shape index (κ3) is 3.01. The molecule has 3 heterocycles. The van der Waals surface area contributed by atoms with E-state index in [0.29, 0.717) is 27.1 Å². The van der Waals surface area contributed by atoms with Crippen molar-refractivity contribution in [2.45, 2.75) is 0 Å². The molecule has 0 aliphatic carbocycles. The van der Waals surface area contributed by atoms with E-state index in [1.807, 2.05) is 5.38 Å². The molecule has 0 unspecified atom stereocenters. The molecule has 7 heteroatoms. The van der Waals surface area contributed by atoms with Gasteiger partial charge in [-0.3, -0.25) is 4.79 Å². The molecule has 0 saturated heterocycles. The molecule has 0 bridgehead atoms. The number of halogens is 2. The zero-order chi connectivity index (χ0) is 17.4. The van der Waals surface area contributed by atoms with E-state index in [4.69, 9.17) is 16.0 Å². The highest BCUT2D eigenvalue weighted by molar-refractivity contribution is 7.17. The molecule has 0 fully saturated rings. The normalized spacial score (nSPS) is 12.0. The molecule has 4 aromatic rings. The number of nitrogens with one attached hydrogen (secondary N) is 1. The number of benzene rings is 1. The van der Waals surface area contributed by atoms with E-state index in [1.165, 1.54) is 23.5 Å². The first-order chi connectivity index (χ1) is 12.1. The van der Waals surface area contributed by atoms with Crippen molar-refractivity contribution in [3.63, 3.8) is 0 Å². The Hall–Kier alpha value is -2.70. The van der Waals surface area contributed by atoms with Crippen molar-refractivity contribution >= 4 is 44.3 Å². The molecular formula is C18H10ClFN2O2S. The third-order valence-electron chi connectivity index (χ3n) is 3.62. The van der Waals surface area contributed by atoms with Crippen LogP contribution in [0.2, 0.25) is 0 Å². The predicted octanol–water partition coefficient (Wildman–Crippen LogP) is 5.12. The monoisotopic (exact) mass is 372 g/mol. The third-order valence-corrected chi connectivity index (χ3v) is 4.78. The number of rotatable bonds is 3. The number of fused-ring (bicyclic) bond motifs is 1. The molecule has 0 spiro atoms. The number of H-pyrrole nitrogens is 1. The average Bonchev–Trinajstić information content (AvgIpc) is 3.25. The summed E-state index contributed by atoms with van der Waals surface area (Å²) < 4.78 is 18.3. The molecule has 1 aromatic carbocycles. The maximum absolute atomic E-state index is 13.0. The van der Waals surface area contributed by atoms with Gasteiger partial charge in [-0.25, -0.2) is 9.37 Å². The lowest BCUT2D eigenvalue weighted by molar-refractivity contribution is 0.583. The van der Waals surface area contributed by atoms with E-state index in [-0.39, 0.29) is 22.2 Å². The van der Waals surface area contributed by atoms with Crippen LogP contribution in [-0.4, -0.2) is 9.97 Å². The van der Waals surface area contributed by atoms with Crippen LogP contribution in [0.5, 0.6) is 0 Å². The summed E-state index contributed by atoms with van der Waals surface area (Å²) in [7, 11) is 0. The number of hydrogen-bond acceptors (Lipinski definition) is 4. The topological polar surface area (TPSA) is 58.9 Å². The molecule has 1 N–H and O–H groups in total. The van der Waals surface area contributed by atoms with Gasteiger partial charge in [0.2, 0.25) is 0 Å². The van der Waals surface area contributed by atoms with Crippen LogP contribution >= 0.6 is 22.9 Å². The number of aromatic nitrogens is 2. The van der Waals surface area contributed by atoms with Gasteiger partial charge in [0, 0.05) is 10.9 Å². The van der Waals surface area contributed by atoms with Crippen LogP contribution in [0.4, 0.5) is 4.39 Å². The summed E-state index contributed by atoms with van der Waals surface area (Å²) >= 11 is 7.62. The summed E-state index contributed by atoms with van der Waals surface area (Å²) in [5, 5.41) is 2.56. The van der Waals surface area contributed by atoms with Gasteiger partial charge in [0.15, 0.2) is 5.82 Å². The van der Waals surface area contributed by atoms with Crippen LogP contribution in [0.1, 0.15) is 11.4 Å². The van der Waals surface area contributed by atoms with Crippen molar-refractivity contribution in [2.24, 2.45) is 0 Å². The summed E-state index contributed by atoms with van der Waals surface area (Å²) in [5.41, 5.74) is 1.11. The first-order valence-corrected chi connectivity index (χ1v) is 8.56. The number of thiophene rings is 1. The van der Waals surface area contributed by atoms with Crippen LogP contribution < -0.4 is 5.56 Å². The number of furan rings is 1. The van der Waals surface area contributed by atoms with Gasteiger partial charge in [-0.1, -0.05) is 23.7 Å². The molecule has 4 rings (SSSR count). The van der Waals surface area contributed by atoms with Crippen molar-refractivity contribution < 1.29 is 8.81 Å². The molecular weight excluding hydrogens is 363 g/mol. The summed E-state index contributed by atoms with van der Waals surface area (Å²) in [6.07, 6.45) is 3.17. The van der Waals surface area contributed by atoms with Gasteiger partial charge in [0.25, 0.3) is 5.56 Å². The van der Waals surface area contributed by atoms with E-state index >= 15 is 0 Å². The first kappa shape index (κ1) is 15.8. The molecule has 0 amide bonds. The standard InChI is InChI=1S/C18H10ClFN2O2S/c19-13(8-10-3-5-11(20)6-4-10)16-21-17(23)15-12(9-25-18(15)22-16)14-2-1-7-24-14/h1-9H,(H,21,22,23)/b13-8-. The number of hydrogen-bond donors (Lipinski definition) is 1. The van der Waals surface area contributed by atoms with Crippen molar-refractivity contribution in [3.8, 4) is 11.3 Å². The lowest BCUT2D eigenvalue weighted by Gasteiger charge is -2.01. The van der Waals surface area contributed by atoms with Crippen LogP contribution in [0.25, 0.3) is 32.6 Å². The van der Waals surface area contributed by atoms with Gasteiger partial charge in [0.1, 0.15) is 16.4 Å². The predicted molar refractivity (Wildman–Crippen MR) is 98.1 cm³/mol. The smallest absolute Gasteiger partial charge is 0.260 e. The fraction of sp³-hybridized carbons (Fsp3) is 0. The van der Waals surface area contributed by atoms with Crippen molar-refractivity contribution in [1.29, 1.82) is 0 Å². The van der Waals surface area contributed by atoms with E-state index in [2.05, 4.69) is 9.97 Å². The maximum atomic E-state index is 13.0. The zero-order valence-electron chi connectivity index (χ0n) is 12.6. The van der Waals surface area contributed by atoms with Gasteiger partial charge < -0.3 is 9.40 Å². The molecule has 25 heavy (non-hydrogen) atoms. The Labute approximate surface area is 150 Å². The summed E-state index contributed by atoms with van der Waals surface area (Å²) in [4.78, 5) is 20.2. The van der Waals surface area contributed by atoms with Crippen LogP contribution in [-0.2, 0) is 0 Å². The van der Waals surface area contributed by atoms with Crippen molar-refractivity contribution in [3.05, 3.63) is 75.6 Å². The van der Waals surface area contributed by atoms with E-state index < -0.39 is 0 Å². The largest absolute Gasteiger partial charge is 0.464 e. The summed E-state index contributed by atoms with van der Waals surface area (Å²) in [6, 6.07) is 9.41. The maximum Gasteiger partial charge on any atom is 0.260 e. The van der Waals surface area contributed by atoms with Gasteiger partial charge in [-0.15, -0.1) is 11.3 Å². The second kappa shape index (κ2) is 6.31. The highest BCUT2D eigenvalue weighted by Crippen LogP contribution is 2.31. The fourth-order valence-corrected chi connectivity index (χ4v) is 3.59. The van der Waals surface area contributed by atoms with E-state index in [1.54, 1.807) is 36.6 Å². The Morgan fingerprint density at radius 1 is 1.28 bits per heavy atom. The highest BCUT2D eigenvalue weighted by atomic mass is 35.5. The Morgan fingerprint density at radius 3 is 2.80 bits per heavy atom. The minimum Gasteiger partial charge on any atom is -0.464 e. The minimum atomic E-state index is -0.328. The molecule has 0 aliphatic heterocycles. The summed E-state index contributed by atoms with van der Waals surface area (Å²) in [6.45, 7) is 0. The Balaban J connectivity index is 1.79. The van der Waals surface area contributed by atoms with E-state index in [0.717, 1.165) is 0 Å². The highest BCUT2D eigenvalue weighted by Gasteiger charge is 2.15. The number of nitrogens with zero attached hydrogens (tertiary/aromatic N) is 1. The minimum absolute atomic E-state index is 0.260. The van der Waals surface area contributed by atoms with Crippen molar-refractivity contribution in [2.75, 3.05) is 0 Å². The molecule has 0 aliphatic rings. The Morgan fingerprint density at radius 2 is 2.08 bits per heavy atom. The Bertz CT molecular complexity index is 1130. The zero-order valence-corrected chi connectivity index (χ0v) is 14.2. The molecule has 4 nitrogen and oxygen atoms in total. The fourth-order valence-electron chi connectivity index (χ4n) is 2.45. The van der Waals surface area contributed by atoms with Crippen LogP contribution in [0.15, 0.2) is 57.3 Å². The van der Waals surface area contributed by atoms with Gasteiger partial charge in [-0.2, -0.15) is 0 Å². The van der Waals surface area contributed by atoms with Gasteiger partial charge in [0.05, 0.1) is 16.7 Å². The van der Waals surface area contributed by atoms with E-state index in [9.17, 15) is 9.18 Å². The number of aromatic amines is 1. The first-order valence-electron chi connectivity index (χ1n) is 7.30. The van der Waals surface area contributed by atoms with Gasteiger partial charge in [-0.05, 0) is 35.9 Å². The molecule has 0 atom stereocenters. The molecule has 124 valence electrons. The quantitative estimate of drug-likeness (QED) is 0.543. The molecule has 3 aromatic heterocycles. The average molecular weight is 373 g/mol. The SMILES string of the molecule is O=c1[nH]c(/C(Cl)=C/c2ccc(F)cc2)nc2scc(-c3ccco3)c12. The lowest BCUT2D eigenvalue weighted by Crippen LogP contribution is -2.10. The molecule has 0 radical (unpaired) electrons. The summed E-state index contributed by atoms with van der Waals surface area (Å²) in [5.74, 6) is 0.542. The molecule has 0 saturated carbocycles. The second-order valence-electron chi connectivity index (χ2n) is 5.27. The van der Waals surface area contributed by atoms with Gasteiger partial charge >= 0.3 is 0 Å². The van der Waals surface area contributed by atoms with Crippen LogP contribution in [0.3, 0.4) is 0 Å². The van der Waals surface area contributed by atoms with Crippen molar-refractivity contribution in [1.82, 2.24) is 9.97 Å². The lowest BCUT2D eigenvalue weighted by atomic mass is 10.2. The van der Waals surface area contributed by atoms with Crippen LogP contribution in [0, 0.1) is 5.82 Å².